The number of phenolic OH excluding ortho intramolecular Hbond substituents is 1. The van der Waals surface area contributed by atoms with Crippen LogP contribution in [0.3, 0.4) is 0 Å². The molecule has 1 saturated heterocycles. The fourth-order valence-corrected chi connectivity index (χ4v) is 7.05. The molecule has 39 heavy (non-hydrogen) atoms. The number of aromatic hydroxyl groups is 1. The number of fused-ring (bicyclic) bond motifs is 3. The number of hydrogen-bond acceptors (Lipinski definition) is 10. The Labute approximate surface area is 226 Å². The first-order valence-electron chi connectivity index (χ1n) is 13.2. The molecule has 4 unspecified atom stereocenters. The van der Waals surface area contributed by atoms with E-state index in [4.69, 9.17) is 5.73 Å². The summed E-state index contributed by atoms with van der Waals surface area (Å²) in [5.74, 6) is -6.39. The van der Waals surface area contributed by atoms with Crippen LogP contribution in [-0.2, 0) is 27.3 Å². The Balaban J connectivity index is 1.71. The molecule has 1 aliphatic heterocycles. The van der Waals surface area contributed by atoms with Gasteiger partial charge in [0.15, 0.2) is 11.4 Å². The number of aliphatic hydroxyl groups excluding tert-OH is 2. The Kier molecular flexibility index (Phi) is 6.52. The van der Waals surface area contributed by atoms with Crippen LogP contribution in [0.1, 0.15) is 36.0 Å². The van der Waals surface area contributed by atoms with Crippen LogP contribution in [0.25, 0.3) is 5.76 Å². The third-order valence-electron chi connectivity index (χ3n) is 8.85. The molecule has 0 aromatic heterocycles. The van der Waals surface area contributed by atoms with Gasteiger partial charge in [-0.2, -0.15) is 0 Å². The van der Waals surface area contributed by atoms with Gasteiger partial charge < -0.3 is 31.1 Å². The molecule has 0 bridgehead atoms. The number of benzene rings is 1. The molecule has 5 rings (SSSR count). The quantitative estimate of drug-likeness (QED) is 0.334. The summed E-state index contributed by atoms with van der Waals surface area (Å²) in [6.07, 6.45) is 2.46. The number of anilines is 1. The molecule has 1 aromatic carbocycles. The lowest BCUT2D eigenvalue weighted by Gasteiger charge is -2.50. The molecular formula is C28H36N4O7. The van der Waals surface area contributed by atoms with Gasteiger partial charge in [-0.3, -0.25) is 24.2 Å². The zero-order valence-corrected chi connectivity index (χ0v) is 22.7. The molecule has 2 fully saturated rings. The highest BCUT2D eigenvalue weighted by molar-refractivity contribution is 6.24. The average Bonchev–Trinajstić information content (AvgIpc) is 3.35. The van der Waals surface area contributed by atoms with E-state index in [1.54, 1.807) is 14.1 Å². The van der Waals surface area contributed by atoms with Crippen LogP contribution in [0.15, 0.2) is 23.0 Å². The monoisotopic (exact) mass is 540 g/mol. The van der Waals surface area contributed by atoms with Gasteiger partial charge in [-0.1, -0.05) is 0 Å². The molecule has 0 radical (unpaired) electrons. The summed E-state index contributed by atoms with van der Waals surface area (Å²) in [5, 5.41) is 45.7. The third kappa shape index (κ3) is 3.86. The third-order valence-corrected chi connectivity index (χ3v) is 8.85. The van der Waals surface area contributed by atoms with Crippen molar-refractivity contribution in [2.24, 2.45) is 17.6 Å². The van der Waals surface area contributed by atoms with Crippen molar-refractivity contribution in [3.63, 3.8) is 0 Å². The highest BCUT2D eigenvalue weighted by Crippen LogP contribution is 2.54. The lowest BCUT2D eigenvalue weighted by atomic mass is 9.57. The summed E-state index contributed by atoms with van der Waals surface area (Å²) in [5.41, 5.74) is 3.98. The summed E-state index contributed by atoms with van der Waals surface area (Å²) in [4.78, 5) is 45.0. The van der Waals surface area contributed by atoms with Crippen LogP contribution in [0.4, 0.5) is 5.69 Å². The molecule has 6 N–H and O–H groups in total. The van der Waals surface area contributed by atoms with Gasteiger partial charge in [0.25, 0.3) is 5.91 Å². The largest absolute Gasteiger partial charge is 0.508 e. The van der Waals surface area contributed by atoms with Gasteiger partial charge in [0.05, 0.1) is 11.6 Å². The molecular weight excluding hydrogens is 504 g/mol. The number of hydrogen-bond donors (Lipinski definition) is 5. The molecule has 1 saturated carbocycles. The summed E-state index contributed by atoms with van der Waals surface area (Å²) < 4.78 is 0. The van der Waals surface area contributed by atoms with Crippen molar-refractivity contribution in [1.82, 2.24) is 9.80 Å². The maximum atomic E-state index is 14.0. The number of nitrogens with zero attached hydrogens (tertiary/aromatic N) is 3. The van der Waals surface area contributed by atoms with E-state index in [1.165, 1.54) is 4.90 Å². The number of likely N-dealkylation sites (tertiary alicyclic amines) is 1. The minimum absolute atomic E-state index is 0.0644. The number of phenols is 1. The van der Waals surface area contributed by atoms with E-state index in [2.05, 4.69) is 4.90 Å². The summed E-state index contributed by atoms with van der Waals surface area (Å²) in [6, 6.07) is 0.804. The zero-order valence-electron chi connectivity index (χ0n) is 22.7. The van der Waals surface area contributed by atoms with E-state index in [9.17, 15) is 34.8 Å². The summed E-state index contributed by atoms with van der Waals surface area (Å²) >= 11 is 0. The molecule has 3 aliphatic carbocycles. The second kappa shape index (κ2) is 9.35. The van der Waals surface area contributed by atoms with E-state index in [0.717, 1.165) is 31.6 Å². The Bertz CT molecular complexity index is 1340. The summed E-state index contributed by atoms with van der Waals surface area (Å²) in [6.45, 7) is 2.27. The normalized spacial score (nSPS) is 29.0. The highest BCUT2D eigenvalue weighted by Gasteiger charge is 2.64. The number of rotatable bonds is 5. The van der Waals surface area contributed by atoms with Gasteiger partial charge in [-0.05, 0) is 70.4 Å². The van der Waals surface area contributed by atoms with E-state index in [1.807, 2.05) is 25.1 Å². The second-order valence-corrected chi connectivity index (χ2v) is 11.6. The number of ketones is 2. The number of Topliss-reactive ketones (excluding diaryl/α,β-unsaturated/α-hetero) is 2. The maximum absolute atomic E-state index is 14.0. The van der Waals surface area contributed by atoms with Crippen LogP contribution in [0.2, 0.25) is 0 Å². The predicted molar refractivity (Wildman–Crippen MR) is 143 cm³/mol. The Morgan fingerprint density at radius 3 is 2.33 bits per heavy atom. The minimum Gasteiger partial charge on any atom is -0.508 e. The van der Waals surface area contributed by atoms with Gasteiger partial charge >= 0.3 is 0 Å². The fourth-order valence-electron chi connectivity index (χ4n) is 7.05. The van der Waals surface area contributed by atoms with Crippen LogP contribution < -0.4 is 10.6 Å². The molecule has 1 aromatic rings. The smallest absolute Gasteiger partial charge is 0.255 e. The van der Waals surface area contributed by atoms with Gasteiger partial charge in [0.1, 0.15) is 22.8 Å². The molecule has 4 aliphatic rings. The maximum Gasteiger partial charge on any atom is 0.255 e. The number of carbonyl (C=O) groups excluding carboxylic acids is 3. The number of carbonyl (C=O) groups is 3. The number of likely N-dealkylation sites (N-methyl/N-ethyl adjacent to an activating group) is 1. The van der Waals surface area contributed by atoms with Gasteiger partial charge in [0.2, 0.25) is 5.78 Å². The van der Waals surface area contributed by atoms with Crippen molar-refractivity contribution in [3.05, 3.63) is 39.7 Å². The first-order valence-corrected chi connectivity index (χ1v) is 13.2. The van der Waals surface area contributed by atoms with Crippen molar-refractivity contribution >= 4 is 28.9 Å². The predicted octanol–water partition coefficient (Wildman–Crippen LogP) is 0.626. The molecule has 1 amide bonds. The van der Waals surface area contributed by atoms with Crippen LogP contribution in [-0.4, -0.2) is 101 Å². The van der Waals surface area contributed by atoms with Gasteiger partial charge in [-0.15, -0.1) is 0 Å². The van der Waals surface area contributed by atoms with Crippen LogP contribution >= 0.6 is 0 Å². The number of primary amides is 1. The van der Waals surface area contributed by atoms with Crippen molar-refractivity contribution in [2.45, 2.75) is 43.9 Å². The van der Waals surface area contributed by atoms with Crippen LogP contribution in [0, 0.1) is 11.8 Å². The second-order valence-electron chi connectivity index (χ2n) is 11.6. The van der Waals surface area contributed by atoms with E-state index in [-0.39, 0.29) is 29.7 Å². The molecule has 11 heteroatoms. The fraction of sp³-hybridized carbons (Fsp3) is 0.536. The lowest BCUT2D eigenvalue weighted by Crippen LogP contribution is -2.65. The first-order chi connectivity index (χ1) is 18.3. The summed E-state index contributed by atoms with van der Waals surface area (Å²) in [7, 11) is 6.89. The molecule has 4 atom stereocenters. The highest BCUT2D eigenvalue weighted by atomic mass is 16.3. The molecule has 0 spiro atoms. The Hall–Kier alpha value is -3.41. The SMILES string of the molecule is CN(C)c1cc(CN2CCCC2)c(O)c2c1CC1CC3C(N(C)C)C(=O)C(C(N)=O)=C(O)C3(O)C(=O)C1=C2O. The van der Waals surface area contributed by atoms with Crippen molar-refractivity contribution in [1.29, 1.82) is 0 Å². The Morgan fingerprint density at radius 2 is 1.77 bits per heavy atom. The number of amides is 1. The zero-order chi connectivity index (χ0) is 28.5. The number of nitrogens with two attached hydrogens (primary N) is 1. The number of aliphatic hydroxyl groups is 3. The van der Waals surface area contributed by atoms with E-state index in [0.29, 0.717) is 17.7 Å². The molecule has 1 heterocycles. The molecule has 11 nitrogen and oxygen atoms in total. The van der Waals surface area contributed by atoms with E-state index < -0.39 is 58.0 Å². The van der Waals surface area contributed by atoms with Gasteiger partial charge in [-0.25, -0.2) is 0 Å². The standard InChI is InChI=1S/C28H36N4O7/c1-30(2)17-11-14(12-32-7-5-6-8-32)22(33)19-15(17)9-13-10-16-21(31(3)4)24(35)20(27(29)38)26(37)28(16,39)25(36)18(13)23(19)34/h11,13,16,21,33-34,37,39H,5-10,12H2,1-4H3,(H2,29,38). The Morgan fingerprint density at radius 1 is 1.13 bits per heavy atom. The van der Waals surface area contributed by atoms with Crippen LogP contribution in [0.5, 0.6) is 5.75 Å². The topological polar surface area (TPSA) is 168 Å². The van der Waals surface area contributed by atoms with Gasteiger partial charge in [0, 0.05) is 43.4 Å². The minimum atomic E-state index is -2.64. The van der Waals surface area contributed by atoms with Crippen molar-refractivity contribution in [3.8, 4) is 5.75 Å². The lowest BCUT2D eigenvalue weighted by molar-refractivity contribution is -0.153. The van der Waals surface area contributed by atoms with Crippen molar-refractivity contribution < 1.29 is 34.8 Å². The molecule has 210 valence electrons. The average molecular weight is 541 g/mol. The van der Waals surface area contributed by atoms with Crippen molar-refractivity contribution in [2.75, 3.05) is 46.2 Å². The first kappa shape index (κ1) is 27.2. The van der Waals surface area contributed by atoms with E-state index >= 15 is 0 Å².